The van der Waals surface area contributed by atoms with E-state index in [-0.39, 0.29) is 18.9 Å². The molecule has 1 aliphatic carbocycles. The number of rotatable bonds is 20. The van der Waals surface area contributed by atoms with E-state index < -0.39 is 5.60 Å². The number of likely N-dealkylation sites (N-methyl/N-ethyl adjacent to an activating group) is 1. The van der Waals surface area contributed by atoms with Crippen LogP contribution in [-0.4, -0.2) is 96.2 Å². The predicted octanol–water partition coefficient (Wildman–Crippen LogP) is 10.6. The van der Waals surface area contributed by atoms with Gasteiger partial charge in [-0.05, 0) is 114 Å². The zero-order valence-electron chi connectivity index (χ0n) is 42.3. The molecule has 366 valence electrons. The monoisotopic (exact) mass is 944 g/mol. The zero-order valence-corrected chi connectivity index (χ0v) is 42.3. The lowest BCUT2D eigenvalue weighted by Crippen LogP contribution is -2.48. The Hall–Kier alpha value is -6.62. The number of carbonyl (C=O) groups is 1. The number of benzene rings is 6. The van der Waals surface area contributed by atoms with Gasteiger partial charge in [-0.2, -0.15) is 0 Å². The van der Waals surface area contributed by atoms with E-state index in [2.05, 4.69) is 146 Å². The van der Waals surface area contributed by atoms with Crippen LogP contribution in [0.5, 0.6) is 11.5 Å². The maximum absolute atomic E-state index is 12.6. The van der Waals surface area contributed by atoms with E-state index in [9.17, 15) is 9.90 Å². The molecule has 1 fully saturated rings. The molecule has 0 unspecified atom stereocenters. The van der Waals surface area contributed by atoms with Gasteiger partial charge in [0.1, 0.15) is 42.1 Å². The van der Waals surface area contributed by atoms with Gasteiger partial charge in [-0.3, -0.25) is 4.79 Å². The average Bonchev–Trinajstić information content (AvgIpc) is 3.39. The van der Waals surface area contributed by atoms with E-state index in [1.165, 1.54) is 27.9 Å². The molecule has 70 heavy (non-hydrogen) atoms. The molecule has 5 aromatic rings. The van der Waals surface area contributed by atoms with E-state index in [0.717, 1.165) is 100 Å². The minimum atomic E-state index is -0.930. The van der Waals surface area contributed by atoms with Crippen molar-refractivity contribution in [3.8, 4) is 33.9 Å². The Kier molecular flexibility index (Phi) is 16.3. The van der Waals surface area contributed by atoms with E-state index in [4.69, 9.17) is 18.6 Å². The minimum Gasteiger partial charge on any atom is -0.497 e. The number of piperazine rings is 1. The third kappa shape index (κ3) is 10.4. The molecule has 0 spiro atoms. The second kappa shape index (κ2) is 22.9. The Balaban J connectivity index is 1.23. The molecule has 1 saturated heterocycles. The summed E-state index contributed by atoms with van der Waals surface area (Å²) < 4.78 is 27.7. The van der Waals surface area contributed by atoms with E-state index in [0.29, 0.717) is 39.3 Å². The number of ether oxygens (including phenoxy) is 3. The van der Waals surface area contributed by atoms with Gasteiger partial charge in [0.25, 0.3) is 0 Å². The van der Waals surface area contributed by atoms with E-state index in [1.807, 2.05) is 35.2 Å². The first-order valence-electron chi connectivity index (χ1n) is 25.2. The molecule has 5 aromatic carbocycles. The van der Waals surface area contributed by atoms with Crippen LogP contribution >= 0.6 is 0 Å². The molecule has 0 bridgehead atoms. The molecule has 2 aliphatic heterocycles. The minimum absolute atomic E-state index is 0.000749. The van der Waals surface area contributed by atoms with Crippen molar-refractivity contribution in [3.05, 3.63) is 161 Å². The lowest BCUT2D eigenvalue weighted by Gasteiger charge is -2.36. The third-order valence-corrected chi connectivity index (χ3v) is 13.9. The van der Waals surface area contributed by atoms with Gasteiger partial charge in [0, 0.05) is 85.7 Å². The molecular weight excluding hydrogens is 873 g/mol. The molecule has 2 heterocycles. The highest BCUT2D eigenvalue weighted by Gasteiger charge is 2.38. The Labute approximate surface area is 414 Å². The first-order chi connectivity index (χ1) is 34.1. The van der Waals surface area contributed by atoms with Crippen LogP contribution in [0, 0.1) is 6.92 Å². The number of aryl methyl sites for hydroxylation is 2. The summed E-state index contributed by atoms with van der Waals surface area (Å²) in [5.41, 5.74) is 11.4. The van der Waals surface area contributed by atoms with Crippen molar-refractivity contribution in [1.29, 1.82) is 0 Å². The second-order valence-corrected chi connectivity index (χ2v) is 18.5. The Bertz CT molecular complexity index is 2830. The lowest BCUT2D eigenvalue weighted by molar-refractivity contribution is -0.132. The number of nitrogens with zero attached hydrogens (tertiary/aromatic N) is 4. The van der Waals surface area contributed by atoms with Crippen LogP contribution < -0.4 is 29.2 Å². The molecule has 10 nitrogen and oxygen atoms in total. The maximum atomic E-state index is 12.6. The summed E-state index contributed by atoms with van der Waals surface area (Å²) >= 11 is 0. The number of fused-ring (bicyclic) bond motifs is 2. The summed E-state index contributed by atoms with van der Waals surface area (Å²) in [7, 11) is 5.48. The number of hydrogen-bond donors (Lipinski definition) is 1. The fourth-order valence-electron chi connectivity index (χ4n) is 10.3. The van der Waals surface area contributed by atoms with Crippen molar-refractivity contribution >= 4 is 28.3 Å². The summed E-state index contributed by atoms with van der Waals surface area (Å²) in [5.74, 6) is 2.36. The fraction of sp³-hybridized carbons (Fsp3) is 0.367. The summed E-state index contributed by atoms with van der Waals surface area (Å²) in [4.78, 5) is 19.4. The van der Waals surface area contributed by atoms with Gasteiger partial charge in [0.2, 0.25) is 11.3 Å². The van der Waals surface area contributed by atoms with E-state index in [1.54, 1.807) is 14.2 Å². The molecular formula is C60H71N4O6+. The zero-order chi connectivity index (χ0) is 49.2. The van der Waals surface area contributed by atoms with Crippen molar-refractivity contribution in [3.63, 3.8) is 0 Å². The molecule has 10 heteroatoms. The largest absolute Gasteiger partial charge is 0.497 e. The molecule has 0 aromatic heterocycles. The second-order valence-electron chi connectivity index (χ2n) is 18.5. The van der Waals surface area contributed by atoms with Crippen molar-refractivity contribution in [2.75, 3.05) is 90.1 Å². The average molecular weight is 944 g/mol. The highest BCUT2D eigenvalue weighted by atomic mass is 16.5. The number of hydrogen-bond acceptors (Lipinski definition) is 8. The fourth-order valence-corrected chi connectivity index (χ4v) is 10.3. The smallest absolute Gasteiger partial charge is 0.225 e. The first kappa shape index (κ1) is 49.8. The number of methoxy groups -OCH3 is 2. The number of amides is 1. The van der Waals surface area contributed by atoms with Crippen molar-refractivity contribution < 1.29 is 28.5 Å². The summed E-state index contributed by atoms with van der Waals surface area (Å²) in [5, 5.41) is 11.5. The molecule has 0 radical (unpaired) electrons. The van der Waals surface area contributed by atoms with Gasteiger partial charge in [0.05, 0.1) is 26.9 Å². The van der Waals surface area contributed by atoms with Gasteiger partial charge in [-0.15, -0.1) is 0 Å². The van der Waals surface area contributed by atoms with Crippen LogP contribution in [0.2, 0.25) is 0 Å². The quantitative estimate of drug-likeness (QED) is 0.0459. The van der Waals surface area contributed by atoms with Crippen molar-refractivity contribution in [2.45, 2.75) is 65.4 Å². The van der Waals surface area contributed by atoms with Crippen LogP contribution in [0.3, 0.4) is 0 Å². The maximum Gasteiger partial charge on any atom is 0.225 e. The van der Waals surface area contributed by atoms with Gasteiger partial charge in [-0.1, -0.05) is 81.8 Å². The van der Waals surface area contributed by atoms with Crippen LogP contribution in [0.1, 0.15) is 74.3 Å². The van der Waals surface area contributed by atoms with Crippen LogP contribution in [0.15, 0.2) is 132 Å². The number of anilines is 2. The van der Waals surface area contributed by atoms with Crippen LogP contribution in [-0.2, 0) is 21.6 Å². The van der Waals surface area contributed by atoms with Crippen molar-refractivity contribution in [2.24, 2.45) is 0 Å². The molecule has 0 saturated carbocycles. The molecule has 8 rings (SSSR count). The highest BCUT2D eigenvalue weighted by molar-refractivity contribution is 6.03. The first-order valence-corrected chi connectivity index (χ1v) is 25.2. The van der Waals surface area contributed by atoms with Gasteiger partial charge in [-0.25, -0.2) is 4.58 Å². The van der Waals surface area contributed by atoms with Gasteiger partial charge in [0.15, 0.2) is 6.54 Å². The number of aliphatic hydroxyl groups excluding tert-OH is 1. The number of aliphatic hydroxyl groups is 1. The standard InChI is InChI=1S/C60H71N4O6/c1-8-14-44-40-55(63(30-9-2)31-10-3)43(4)39-54(44)59-52-27-21-48(41-56(52)70-57-42-49(22-28-53(57)59)62-32-34-64(35-33-62)58(66)29-37-65)61(5)36-38-69-60(45-15-12-11-13-16-45,46-17-23-50(67-6)24-18-46)47-19-25-51(68-7)26-20-47/h11-13,15-28,39-42,65H,8-10,14,29-38H2,1-7H3/q+1. The SMILES string of the molecule is CCCc1cc(N(CCC)CCC)c(C)cc1-c1c2cc/c(=[N+](/C)CCOC(c3ccccc3)(c3ccc(OC)cc3)c3ccc(OC)cc3)cc-2oc2cc(N3CCN(C(=O)CCO)CC3)ccc12. The van der Waals surface area contributed by atoms with Gasteiger partial charge >= 0.3 is 0 Å². The molecule has 3 aliphatic rings. The van der Waals surface area contributed by atoms with Crippen molar-refractivity contribution in [1.82, 2.24) is 9.48 Å². The van der Waals surface area contributed by atoms with Crippen LogP contribution in [0.25, 0.3) is 33.4 Å². The Morgan fingerprint density at radius 3 is 1.99 bits per heavy atom. The van der Waals surface area contributed by atoms with Gasteiger partial charge < -0.3 is 38.4 Å². The molecule has 1 N–H and O–H groups in total. The number of carbonyl (C=O) groups excluding carboxylic acids is 1. The van der Waals surface area contributed by atoms with Crippen LogP contribution in [0.4, 0.5) is 11.4 Å². The summed E-state index contributed by atoms with van der Waals surface area (Å²) in [6.45, 7) is 14.6. The Morgan fingerprint density at radius 1 is 0.743 bits per heavy atom. The highest BCUT2D eigenvalue weighted by Crippen LogP contribution is 2.45. The predicted molar refractivity (Wildman–Crippen MR) is 285 cm³/mol. The molecule has 1 amide bonds. The third-order valence-electron chi connectivity index (χ3n) is 13.9. The normalized spacial score (nSPS) is 13.5. The summed E-state index contributed by atoms with van der Waals surface area (Å²) in [6, 6.07) is 44.8. The lowest BCUT2D eigenvalue weighted by atomic mass is 9.80. The summed E-state index contributed by atoms with van der Waals surface area (Å²) in [6.07, 6.45) is 4.34. The Morgan fingerprint density at radius 2 is 1.39 bits per heavy atom. The molecule has 0 atom stereocenters. The van der Waals surface area contributed by atoms with E-state index >= 15 is 0 Å². The topological polar surface area (TPSA) is 90.9 Å².